The molecule has 22 heavy (non-hydrogen) atoms. The number of aryl methyl sites for hydroxylation is 1. The maximum atomic E-state index is 11.4. The van der Waals surface area contributed by atoms with Gasteiger partial charge in [0.1, 0.15) is 11.5 Å². The van der Waals surface area contributed by atoms with E-state index in [1.165, 1.54) is 12.3 Å². The number of benzene rings is 2. The Morgan fingerprint density at radius 1 is 0.955 bits per heavy atom. The summed E-state index contributed by atoms with van der Waals surface area (Å²) in [5.41, 5.74) is 1.21. The van der Waals surface area contributed by atoms with Gasteiger partial charge in [-0.1, -0.05) is 18.2 Å². The fourth-order valence-corrected chi connectivity index (χ4v) is 2.20. The Balaban J connectivity index is 1.89. The number of rotatable bonds is 3. The lowest BCUT2D eigenvalue weighted by Gasteiger charge is -2.12. The van der Waals surface area contributed by atoms with Gasteiger partial charge in [0.05, 0.1) is 6.20 Å². The van der Waals surface area contributed by atoms with E-state index in [1.807, 2.05) is 61.5 Å². The van der Waals surface area contributed by atoms with Crippen LogP contribution in [0.4, 0.5) is 0 Å². The number of aromatic nitrogens is 1. The largest absolute Gasteiger partial charge is 0.503 e. The second-order valence-corrected chi connectivity index (χ2v) is 4.94. The standard InChI is InChI=1S/C18H15NO3/c1-13-11-17(20)18(21)12-19(13)14-7-9-16(10-8-14)22-15-5-3-2-4-6-15/h2-12,21H,1H3. The summed E-state index contributed by atoms with van der Waals surface area (Å²) in [6.45, 7) is 1.81. The molecule has 0 aliphatic rings. The van der Waals surface area contributed by atoms with Gasteiger partial charge in [-0.05, 0) is 43.3 Å². The SMILES string of the molecule is Cc1cc(=O)c(O)cn1-c1ccc(Oc2ccccc2)cc1. The maximum absolute atomic E-state index is 11.4. The average molecular weight is 293 g/mol. The molecule has 2 aromatic carbocycles. The summed E-state index contributed by atoms with van der Waals surface area (Å²) >= 11 is 0. The Bertz CT molecular complexity index is 836. The van der Waals surface area contributed by atoms with Gasteiger partial charge in [0, 0.05) is 17.4 Å². The molecule has 0 saturated heterocycles. The minimum atomic E-state index is -0.377. The Morgan fingerprint density at radius 3 is 2.27 bits per heavy atom. The van der Waals surface area contributed by atoms with Crippen molar-refractivity contribution in [3.8, 4) is 22.9 Å². The van der Waals surface area contributed by atoms with E-state index >= 15 is 0 Å². The van der Waals surface area contributed by atoms with E-state index in [-0.39, 0.29) is 11.2 Å². The van der Waals surface area contributed by atoms with Gasteiger partial charge in [-0.2, -0.15) is 0 Å². The molecule has 0 spiro atoms. The molecule has 0 amide bonds. The molecular formula is C18H15NO3. The van der Waals surface area contributed by atoms with Gasteiger partial charge in [-0.15, -0.1) is 0 Å². The summed E-state index contributed by atoms with van der Waals surface area (Å²) in [4.78, 5) is 11.4. The molecule has 110 valence electrons. The lowest BCUT2D eigenvalue weighted by Crippen LogP contribution is -2.07. The molecule has 0 fully saturated rings. The van der Waals surface area contributed by atoms with Gasteiger partial charge in [0.15, 0.2) is 5.75 Å². The normalized spacial score (nSPS) is 10.4. The third-order valence-corrected chi connectivity index (χ3v) is 3.32. The van der Waals surface area contributed by atoms with Crippen LogP contribution in [0.3, 0.4) is 0 Å². The van der Waals surface area contributed by atoms with Crippen molar-refractivity contribution in [2.45, 2.75) is 6.92 Å². The number of pyridine rings is 1. The predicted octanol–water partition coefficient (Wildman–Crippen LogP) is 3.64. The van der Waals surface area contributed by atoms with E-state index in [4.69, 9.17) is 4.74 Å². The first-order valence-electron chi connectivity index (χ1n) is 6.89. The second-order valence-electron chi connectivity index (χ2n) is 4.94. The number of aromatic hydroxyl groups is 1. The van der Waals surface area contributed by atoms with Gasteiger partial charge in [-0.3, -0.25) is 4.79 Å². The summed E-state index contributed by atoms with van der Waals surface area (Å²) < 4.78 is 7.49. The van der Waals surface area contributed by atoms with E-state index in [9.17, 15) is 9.90 Å². The highest BCUT2D eigenvalue weighted by Gasteiger charge is 2.05. The summed E-state index contributed by atoms with van der Waals surface area (Å²) in [6.07, 6.45) is 1.42. The van der Waals surface area contributed by atoms with E-state index in [0.29, 0.717) is 0 Å². The average Bonchev–Trinajstić information content (AvgIpc) is 2.53. The van der Waals surface area contributed by atoms with E-state index in [1.54, 1.807) is 4.57 Å². The highest BCUT2D eigenvalue weighted by atomic mass is 16.5. The summed E-state index contributed by atoms with van der Waals surface area (Å²) in [6, 6.07) is 18.4. The molecule has 0 saturated carbocycles. The molecule has 1 N–H and O–H groups in total. The Hall–Kier alpha value is -3.01. The van der Waals surface area contributed by atoms with Crippen LogP contribution in [-0.4, -0.2) is 9.67 Å². The number of para-hydroxylation sites is 1. The van der Waals surface area contributed by atoms with Crippen LogP contribution in [0.2, 0.25) is 0 Å². The van der Waals surface area contributed by atoms with Crippen molar-refractivity contribution < 1.29 is 9.84 Å². The van der Waals surface area contributed by atoms with Crippen LogP contribution in [0, 0.1) is 6.92 Å². The Kier molecular flexibility index (Phi) is 3.66. The lowest BCUT2D eigenvalue weighted by molar-refractivity contribution is 0.464. The van der Waals surface area contributed by atoms with Crippen molar-refractivity contribution in [2.75, 3.05) is 0 Å². The third kappa shape index (κ3) is 2.86. The molecule has 3 aromatic rings. The van der Waals surface area contributed by atoms with Gasteiger partial charge >= 0.3 is 0 Å². The van der Waals surface area contributed by atoms with E-state index < -0.39 is 0 Å². The van der Waals surface area contributed by atoms with Crippen LogP contribution >= 0.6 is 0 Å². The molecule has 4 nitrogen and oxygen atoms in total. The van der Waals surface area contributed by atoms with Gasteiger partial charge in [-0.25, -0.2) is 0 Å². The summed E-state index contributed by atoms with van der Waals surface area (Å²) in [7, 11) is 0. The molecular weight excluding hydrogens is 278 g/mol. The predicted molar refractivity (Wildman–Crippen MR) is 85.0 cm³/mol. The molecule has 0 unspecified atom stereocenters. The summed E-state index contributed by atoms with van der Waals surface area (Å²) in [5.74, 6) is 1.22. The van der Waals surface area contributed by atoms with Gasteiger partial charge in [0.2, 0.25) is 5.43 Å². The smallest absolute Gasteiger partial charge is 0.223 e. The van der Waals surface area contributed by atoms with E-state index in [2.05, 4.69) is 0 Å². The second kappa shape index (κ2) is 5.77. The number of ether oxygens (including phenoxy) is 1. The topological polar surface area (TPSA) is 51.5 Å². The van der Waals surface area contributed by atoms with Crippen LogP contribution in [-0.2, 0) is 0 Å². The maximum Gasteiger partial charge on any atom is 0.223 e. The molecule has 0 bridgehead atoms. The Labute approximate surface area is 127 Å². The quantitative estimate of drug-likeness (QED) is 0.802. The van der Waals surface area contributed by atoms with Crippen LogP contribution < -0.4 is 10.2 Å². The zero-order chi connectivity index (χ0) is 15.5. The van der Waals surface area contributed by atoms with E-state index in [0.717, 1.165) is 22.9 Å². The first-order valence-corrected chi connectivity index (χ1v) is 6.89. The molecule has 4 heteroatoms. The van der Waals surface area contributed by atoms with Crippen molar-refractivity contribution in [1.29, 1.82) is 0 Å². The number of hydrogen-bond acceptors (Lipinski definition) is 3. The zero-order valence-corrected chi connectivity index (χ0v) is 12.1. The van der Waals surface area contributed by atoms with Crippen molar-refractivity contribution in [3.63, 3.8) is 0 Å². The number of hydrogen-bond donors (Lipinski definition) is 1. The fraction of sp³-hybridized carbons (Fsp3) is 0.0556. The Morgan fingerprint density at radius 2 is 1.59 bits per heavy atom. The minimum Gasteiger partial charge on any atom is -0.503 e. The first kappa shape index (κ1) is 13.9. The first-order chi connectivity index (χ1) is 10.6. The molecule has 0 radical (unpaired) electrons. The van der Waals surface area contributed by atoms with Crippen molar-refractivity contribution >= 4 is 0 Å². The van der Waals surface area contributed by atoms with Crippen LogP contribution in [0.15, 0.2) is 71.7 Å². The monoisotopic (exact) mass is 293 g/mol. The van der Waals surface area contributed by atoms with Crippen LogP contribution in [0.1, 0.15) is 5.69 Å². The van der Waals surface area contributed by atoms with Gasteiger partial charge in [0.25, 0.3) is 0 Å². The highest BCUT2D eigenvalue weighted by molar-refractivity contribution is 5.41. The minimum absolute atomic E-state index is 0.268. The van der Waals surface area contributed by atoms with Crippen LogP contribution in [0.25, 0.3) is 5.69 Å². The third-order valence-electron chi connectivity index (χ3n) is 3.32. The number of nitrogens with zero attached hydrogens (tertiary/aromatic N) is 1. The van der Waals surface area contributed by atoms with Crippen molar-refractivity contribution in [3.05, 3.63) is 82.8 Å². The van der Waals surface area contributed by atoms with Crippen molar-refractivity contribution in [2.24, 2.45) is 0 Å². The lowest BCUT2D eigenvalue weighted by atomic mass is 10.2. The zero-order valence-electron chi connectivity index (χ0n) is 12.1. The summed E-state index contributed by atoms with van der Waals surface area (Å²) in [5, 5.41) is 9.58. The van der Waals surface area contributed by atoms with Gasteiger partial charge < -0.3 is 14.4 Å². The molecule has 1 heterocycles. The fourth-order valence-electron chi connectivity index (χ4n) is 2.20. The molecule has 3 rings (SSSR count). The van der Waals surface area contributed by atoms with Crippen molar-refractivity contribution in [1.82, 2.24) is 4.57 Å². The molecule has 0 aliphatic heterocycles. The highest BCUT2D eigenvalue weighted by Crippen LogP contribution is 2.23. The molecule has 0 atom stereocenters. The molecule has 0 aliphatic carbocycles. The van der Waals surface area contributed by atoms with Crippen LogP contribution in [0.5, 0.6) is 17.2 Å². The molecule has 1 aromatic heterocycles.